The van der Waals surface area contributed by atoms with Gasteiger partial charge in [-0.15, -0.1) is 0 Å². The van der Waals surface area contributed by atoms with Crippen LogP contribution in [0.5, 0.6) is 0 Å². The van der Waals surface area contributed by atoms with E-state index in [0.717, 1.165) is 18.1 Å². The van der Waals surface area contributed by atoms with Crippen molar-refractivity contribution in [2.75, 3.05) is 6.54 Å². The van der Waals surface area contributed by atoms with Crippen molar-refractivity contribution >= 4 is 29.2 Å². The summed E-state index contributed by atoms with van der Waals surface area (Å²) < 4.78 is 5.13. The van der Waals surface area contributed by atoms with Gasteiger partial charge in [0.15, 0.2) is 6.10 Å². The van der Waals surface area contributed by atoms with E-state index in [0.29, 0.717) is 6.54 Å². The Labute approximate surface area is 167 Å². The van der Waals surface area contributed by atoms with Crippen molar-refractivity contribution in [2.24, 2.45) is 0 Å². The predicted octanol–water partition coefficient (Wildman–Crippen LogP) is 4.10. The number of nitro groups is 1. The molecule has 8 heteroatoms. The van der Waals surface area contributed by atoms with Gasteiger partial charge in [0.25, 0.3) is 11.6 Å². The van der Waals surface area contributed by atoms with E-state index in [9.17, 15) is 19.7 Å². The Bertz CT molecular complexity index is 857. The van der Waals surface area contributed by atoms with Gasteiger partial charge in [-0.2, -0.15) is 0 Å². The zero-order valence-electron chi connectivity index (χ0n) is 15.6. The first-order valence-electron chi connectivity index (χ1n) is 8.81. The van der Waals surface area contributed by atoms with Gasteiger partial charge in [0.2, 0.25) is 0 Å². The number of nitro benzene ring substituents is 1. The minimum absolute atomic E-state index is 0.0496. The van der Waals surface area contributed by atoms with E-state index in [1.807, 2.05) is 37.3 Å². The average molecular weight is 405 g/mol. The van der Waals surface area contributed by atoms with Crippen LogP contribution in [0, 0.1) is 10.1 Å². The summed E-state index contributed by atoms with van der Waals surface area (Å²) in [6.07, 6.45) is -0.206. The van der Waals surface area contributed by atoms with Gasteiger partial charge in [0.1, 0.15) is 5.02 Å². The Kier molecular flexibility index (Phi) is 7.52. The van der Waals surface area contributed by atoms with Crippen LogP contribution in [0.2, 0.25) is 5.02 Å². The molecule has 0 aliphatic rings. The second kappa shape index (κ2) is 9.85. The van der Waals surface area contributed by atoms with E-state index >= 15 is 0 Å². The van der Waals surface area contributed by atoms with Gasteiger partial charge in [0, 0.05) is 18.5 Å². The highest BCUT2D eigenvalue weighted by molar-refractivity contribution is 6.32. The van der Waals surface area contributed by atoms with Gasteiger partial charge >= 0.3 is 5.97 Å². The van der Waals surface area contributed by atoms with Crippen LogP contribution in [-0.2, 0) is 9.53 Å². The minimum atomic E-state index is -1.05. The molecule has 0 unspecified atom stereocenters. The lowest BCUT2D eigenvalue weighted by atomic mass is 9.96. The van der Waals surface area contributed by atoms with Crippen LogP contribution in [0.25, 0.3) is 0 Å². The molecule has 2 rings (SSSR count). The lowest BCUT2D eigenvalue weighted by molar-refractivity contribution is -0.384. The monoisotopic (exact) mass is 404 g/mol. The molecule has 0 heterocycles. The lowest BCUT2D eigenvalue weighted by Gasteiger charge is -2.18. The van der Waals surface area contributed by atoms with E-state index in [-0.39, 0.29) is 16.5 Å². The molecule has 0 saturated heterocycles. The third-order valence-electron chi connectivity index (χ3n) is 4.32. The zero-order chi connectivity index (χ0) is 20.7. The molecule has 2 aromatic rings. The smallest absolute Gasteiger partial charge is 0.339 e. The van der Waals surface area contributed by atoms with E-state index in [1.165, 1.54) is 19.1 Å². The van der Waals surface area contributed by atoms with Crippen molar-refractivity contribution in [1.82, 2.24) is 5.32 Å². The highest BCUT2D eigenvalue weighted by atomic mass is 35.5. The fraction of sp³-hybridized carbons (Fsp3) is 0.300. The molecule has 0 radical (unpaired) electrons. The van der Waals surface area contributed by atoms with Crippen LogP contribution in [0.4, 0.5) is 5.69 Å². The van der Waals surface area contributed by atoms with E-state index in [1.54, 1.807) is 0 Å². The number of carbonyl (C=O) groups is 2. The molecule has 0 bridgehead atoms. The summed E-state index contributed by atoms with van der Waals surface area (Å²) in [5, 5.41) is 13.6. The number of hydrogen-bond acceptors (Lipinski definition) is 5. The molecular formula is C20H21ClN2O5. The molecule has 1 amide bonds. The second-order valence-electron chi connectivity index (χ2n) is 6.23. The maximum atomic E-state index is 12.3. The van der Waals surface area contributed by atoms with E-state index in [2.05, 4.69) is 5.32 Å². The number of ether oxygens (including phenoxy) is 1. The molecule has 1 N–H and O–H groups in total. The fourth-order valence-electron chi connectivity index (χ4n) is 2.65. The number of halogens is 1. The first-order valence-corrected chi connectivity index (χ1v) is 9.18. The molecule has 0 spiro atoms. The second-order valence-corrected chi connectivity index (χ2v) is 6.64. The van der Waals surface area contributed by atoms with Crippen molar-refractivity contribution < 1.29 is 19.2 Å². The van der Waals surface area contributed by atoms with Gasteiger partial charge in [-0.1, -0.05) is 48.9 Å². The topological polar surface area (TPSA) is 98.5 Å². The highest BCUT2D eigenvalue weighted by Crippen LogP contribution is 2.25. The van der Waals surface area contributed by atoms with Crippen molar-refractivity contribution in [3.8, 4) is 0 Å². The fourth-order valence-corrected chi connectivity index (χ4v) is 2.84. The van der Waals surface area contributed by atoms with Crippen LogP contribution in [0.3, 0.4) is 0 Å². The number of nitrogens with one attached hydrogen (secondary N) is 1. The van der Waals surface area contributed by atoms with Gasteiger partial charge < -0.3 is 10.1 Å². The third kappa shape index (κ3) is 5.53. The molecule has 0 aromatic heterocycles. The van der Waals surface area contributed by atoms with Crippen molar-refractivity contribution in [3.05, 3.63) is 74.8 Å². The van der Waals surface area contributed by atoms with Gasteiger partial charge in [-0.05, 0) is 31.0 Å². The summed E-state index contributed by atoms with van der Waals surface area (Å²) in [5.74, 6) is -1.13. The van der Waals surface area contributed by atoms with Crippen LogP contribution in [-0.4, -0.2) is 29.4 Å². The number of amides is 1. The van der Waals surface area contributed by atoms with Crippen LogP contribution < -0.4 is 5.32 Å². The van der Waals surface area contributed by atoms with Gasteiger partial charge in [-0.25, -0.2) is 4.79 Å². The number of hydrogen-bond donors (Lipinski definition) is 1. The summed E-state index contributed by atoms with van der Waals surface area (Å²) in [6, 6.07) is 13.4. The maximum Gasteiger partial charge on any atom is 0.339 e. The Hall–Kier alpha value is -2.93. The maximum absolute atomic E-state index is 12.3. The standard InChI is InChI=1S/C20H21ClN2O5/c1-3-14(15-7-5-4-6-8-15)12-22-19(24)13(2)28-20(25)16-9-10-17(21)18(11-16)23(26)27/h4-11,13-14H,3,12H2,1-2H3,(H,22,24)/t13-,14-/m0/s1. The molecule has 7 nitrogen and oxygen atoms in total. The van der Waals surface area contributed by atoms with Crippen LogP contribution in [0.15, 0.2) is 48.5 Å². The quantitative estimate of drug-likeness (QED) is 0.405. The first-order chi connectivity index (χ1) is 13.3. The average Bonchev–Trinajstić information content (AvgIpc) is 2.69. The Morgan fingerprint density at radius 2 is 1.89 bits per heavy atom. The minimum Gasteiger partial charge on any atom is -0.449 e. The van der Waals surface area contributed by atoms with Crippen molar-refractivity contribution in [2.45, 2.75) is 32.3 Å². The molecular weight excluding hydrogens is 384 g/mol. The van der Waals surface area contributed by atoms with Gasteiger partial charge in [-0.3, -0.25) is 14.9 Å². The number of nitrogens with zero attached hydrogens (tertiary/aromatic N) is 1. The summed E-state index contributed by atoms with van der Waals surface area (Å²) in [4.78, 5) is 34.7. The summed E-state index contributed by atoms with van der Waals surface area (Å²) in [5.41, 5.74) is 0.664. The summed E-state index contributed by atoms with van der Waals surface area (Å²) in [6.45, 7) is 3.88. The predicted molar refractivity (Wildman–Crippen MR) is 105 cm³/mol. The molecule has 2 aromatic carbocycles. The normalized spacial score (nSPS) is 12.7. The Balaban J connectivity index is 1.95. The molecule has 148 valence electrons. The number of benzene rings is 2. The van der Waals surface area contributed by atoms with Crippen LogP contribution >= 0.6 is 11.6 Å². The molecule has 2 atom stereocenters. The van der Waals surface area contributed by atoms with Gasteiger partial charge in [0.05, 0.1) is 10.5 Å². The SMILES string of the molecule is CC[C@@H](CNC(=O)[C@H](C)OC(=O)c1ccc(Cl)c([N+](=O)[O-])c1)c1ccccc1. The molecule has 28 heavy (non-hydrogen) atoms. The largest absolute Gasteiger partial charge is 0.449 e. The first kappa shape index (κ1) is 21.4. The Morgan fingerprint density at radius 1 is 1.21 bits per heavy atom. The highest BCUT2D eigenvalue weighted by Gasteiger charge is 2.22. The van der Waals surface area contributed by atoms with Crippen LogP contribution in [0.1, 0.15) is 42.1 Å². The number of esters is 1. The van der Waals surface area contributed by atoms with E-state index < -0.39 is 28.6 Å². The summed E-state index contributed by atoms with van der Waals surface area (Å²) in [7, 11) is 0. The number of carbonyl (C=O) groups excluding carboxylic acids is 2. The zero-order valence-corrected chi connectivity index (χ0v) is 16.3. The Morgan fingerprint density at radius 3 is 2.50 bits per heavy atom. The summed E-state index contributed by atoms with van der Waals surface area (Å²) >= 11 is 5.73. The van der Waals surface area contributed by atoms with E-state index in [4.69, 9.17) is 16.3 Å². The van der Waals surface area contributed by atoms with Crippen molar-refractivity contribution in [1.29, 1.82) is 0 Å². The third-order valence-corrected chi connectivity index (χ3v) is 4.64. The molecule has 0 fully saturated rings. The molecule has 0 saturated carbocycles. The number of rotatable bonds is 8. The lowest BCUT2D eigenvalue weighted by Crippen LogP contribution is -2.38. The molecule has 0 aliphatic carbocycles. The van der Waals surface area contributed by atoms with Crippen molar-refractivity contribution in [3.63, 3.8) is 0 Å². The molecule has 0 aliphatic heterocycles.